The number of carbonyl (C=O) groups excluding carboxylic acids is 1. The number of rotatable bonds is 4. The van der Waals surface area contributed by atoms with Gasteiger partial charge in [0.1, 0.15) is 0 Å². The summed E-state index contributed by atoms with van der Waals surface area (Å²) in [6.07, 6.45) is 6.61. The Hall–Kier alpha value is -2.18. The highest BCUT2D eigenvalue weighted by atomic mass is 16.3. The molecule has 1 amide bonds. The number of nitrogens with one attached hydrogen (secondary N) is 1. The van der Waals surface area contributed by atoms with E-state index >= 15 is 0 Å². The van der Waals surface area contributed by atoms with Crippen molar-refractivity contribution in [2.24, 2.45) is 11.8 Å². The number of likely N-dealkylation sites (tertiary alicyclic amines) is 2. The number of aliphatic hydroxyl groups is 1. The molecule has 150 valence electrons. The lowest BCUT2D eigenvalue weighted by atomic mass is 9.96. The van der Waals surface area contributed by atoms with E-state index in [-0.39, 0.29) is 24.0 Å². The summed E-state index contributed by atoms with van der Waals surface area (Å²) in [7, 11) is 0. The Morgan fingerprint density at radius 3 is 2.43 bits per heavy atom. The molecule has 2 fully saturated rings. The Labute approximate surface area is 165 Å². The zero-order chi connectivity index (χ0) is 19.5. The maximum atomic E-state index is 13.2. The van der Waals surface area contributed by atoms with Crippen molar-refractivity contribution in [3.8, 4) is 0 Å². The molecule has 2 aromatic rings. The number of hydrogen-bond donors (Lipinski definition) is 2. The number of aromatic nitrogens is 1. The number of H-pyrrole nitrogens is 1. The van der Waals surface area contributed by atoms with Crippen LogP contribution in [0, 0.1) is 11.8 Å². The Morgan fingerprint density at radius 2 is 1.71 bits per heavy atom. The molecule has 2 atom stereocenters. The maximum absolute atomic E-state index is 13.2. The molecular formula is C22H29N3O3. The number of aromatic amines is 1. The summed E-state index contributed by atoms with van der Waals surface area (Å²) in [6.45, 7) is 4.52. The number of carbonyl (C=O) groups is 1. The van der Waals surface area contributed by atoms with E-state index in [2.05, 4.69) is 9.88 Å². The zero-order valence-electron chi connectivity index (χ0n) is 16.3. The molecule has 4 rings (SSSR count). The molecule has 1 aromatic carbocycles. The Kier molecular flexibility index (Phi) is 5.78. The van der Waals surface area contributed by atoms with Crippen LogP contribution in [0.2, 0.25) is 0 Å². The number of amides is 1. The van der Waals surface area contributed by atoms with Gasteiger partial charge in [-0.15, -0.1) is 0 Å². The molecule has 2 N–H and O–H groups in total. The highest BCUT2D eigenvalue weighted by Crippen LogP contribution is 2.27. The summed E-state index contributed by atoms with van der Waals surface area (Å²) in [6, 6.07) is 7.22. The molecule has 0 unspecified atom stereocenters. The minimum atomic E-state index is -0.180. The quantitative estimate of drug-likeness (QED) is 0.848. The first-order chi connectivity index (χ1) is 13.7. The standard InChI is InChI=1S/C22H29N3O3/c26-15-17-14-25(13-16(17)12-24-9-5-1-2-6-10-24)22(28)20-11-23-21(27)19-8-4-3-7-18(19)20/h3-4,7-8,11,16-17,26H,1-2,5-6,9-10,12-15H2,(H,23,27)/t16-,17-/m1/s1. The molecule has 28 heavy (non-hydrogen) atoms. The fourth-order valence-electron chi connectivity index (χ4n) is 4.73. The van der Waals surface area contributed by atoms with Crippen LogP contribution in [0.1, 0.15) is 36.0 Å². The molecule has 6 nitrogen and oxygen atoms in total. The average molecular weight is 383 g/mol. The van der Waals surface area contributed by atoms with Crippen LogP contribution in [-0.2, 0) is 0 Å². The van der Waals surface area contributed by atoms with Crippen molar-refractivity contribution >= 4 is 16.7 Å². The van der Waals surface area contributed by atoms with Crippen molar-refractivity contribution in [2.45, 2.75) is 25.7 Å². The van der Waals surface area contributed by atoms with E-state index < -0.39 is 0 Å². The Balaban J connectivity index is 1.52. The predicted molar refractivity (Wildman–Crippen MR) is 109 cm³/mol. The average Bonchev–Trinajstić information content (AvgIpc) is 2.94. The minimum Gasteiger partial charge on any atom is -0.396 e. The third-order valence-electron chi connectivity index (χ3n) is 6.33. The van der Waals surface area contributed by atoms with Gasteiger partial charge in [0.05, 0.1) is 5.56 Å². The van der Waals surface area contributed by atoms with Crippen molar-refractivity contribution in [3.63, 3.8) is 0 Å². The summed E-state index contributed by atoms with van der Waals surface area (Å²) in [5, 5.41) is 11.1. The van der Waals surface area contributed by atoms with Gasteiger partial charge in [-0.3, -0.25) is 9.59 Å². The van der Waals surface area contributed by atoms with E-state index in [1.54, 1.807) is 12.1 Å². The van der Waals surface area contributed by atoms with Gasteiger partial charge in [0.25, 0.3) is 11.5 Å². The van der Waals surface area contributed by atoms with E-state index in [0.717, 1.165) is 19.6 Å². The number of fused-ring (bicyclic) bond motifs is 1. The lowest BCUT2D eigenvalue weighted by Gasteiger charge is -2.26. The van der Waals surface area contributed by atoms with Gasteiger partial charge in [-0.2, -0.15) is 0 Å². The highest BCUT2D eigenvalue weighted by Gasteiger charge is 2.36. The molecule has 0 saturated carbocycles. The van der Waals surface area contributed by atoms with Crippen LogP contribution >= 0.6 is 0 Å². The molecular weight excluding hydrogens is 354 g/mol. The number of hydrogen-bond acceptors (Lipinski definition) is 4. The minimum absolute atomic E-state index is 0.0655. The van der Waals surface area contributed by atoms with Crippen molar-refractivity contribution in [2.75, 3.05) is 39.3 Å². The molecule has 0 bridgehead atoms. The van der Waals surface area contributed by atoms with E-state index in [1.807, 2.05) is 17.0 Å². The molecule has 2 aliphatic heterocycles. The van der Waals surface area contributed by atoms with Crippen LogP contribution in [0.4, 0.5) is 0 Å². The van der Waals surface area contributed by atoms with Crippen molar-refractivity contribution in [1.82, 2.24) is 14.8 Å². The lowest BCUT2D eigenvalue weighted by Crippen LogP contribution is -2.35. The summed E-state index contributed by atoms with van der Waals surface area (Å²) in [5.74, 6) is 0.339. The van der Waals surface area contributed by atoms with Gasteiger partial charge in [-0.05, 0) is 37.9 Å². The summed E-state index contributed by atoms with van der Waals surface area (Å²) >= 11 is 0. The van der Waals surface area contributed by atoms with Crippen LogP contribution in [0.25, 0.3) is 10.8 Å². The van der Waals surface area contributed by atoms with Crippen LogP contribution in [-0.4, -0.2) is 65.1 Å². The number of benzene rings is 1. The first-order valence-corrected chi connectivity index (χ1v) is 10.4. The third kappa shape index (κ3) is 3.84. The predicted octanol–water partition coefficient (Wildman–Crippen LogP) is 2.08. The van der Waals surface area contributed by atoms with Crippen LogP contribution in [0.3, 0.4) is 0 Å². The molecule has 2 saturated heterocycles. The van der Waals surface area contributed by atoms with Gasteiger partial charge in [0, 0.05) is 49.1 Å². The van der Waals surface area contributed by atoms with Gasteiger partial charge < -0.3 is 19.9 Å². The monoisotopic (exact) mass is 383 g/mol. The highest BCUT2D eigenvalue weighted by molar-refractivity contribution is 6.06. The number of pyridine rings is 1. The fourth-order valence-corrected chi connectivity index (χ4v) is 4.73. The van der Waals surface area contributed by atoms with Gasteiger partial charge in [-0.25, -0.2) is 0 Å². The Morgan fingerprint density at radius 1 is 1.04 bits per heavy atom. The van der Waals surface area contributed by atoms with E-state index in [0.29, 0.717) is 35.3 Å². The first-order valence-electron chi connectivity index (χ1n) is 10.4. The second-order valence-corrected chi connectivity index (χ2v) is 8.20. The summed E-state index contributed by atoms with van der Waals surface area (Å²) in [5.41, 5.74) is 0.350. The molecule has 3 heterocycles. The van der Waals surface area contributed by atoms with Crippen molar-refractivity contribution < 1.29 is 9.90 Å². The van der Waals surface area contributed by atoms with E-state index in [1.165, 1.54) is 31.9 Å². The van der Waals surface area contributed by atoms with Gasteiger partial charge in [0.2, 0.25) is 0 Å². The fraction of sp³-hybridized carbons (Fsp3) is 0.545. The first kappa shape index (κ1) is 19.2. The number of aliphatic hydroxyl groups excluding tert-OH is 1. The molecule has 0 aliphatic carbocycles. The van der Waals surface area contributed by atoms with Crippen LogP contribution in [0.5, 0.6) is 0 Å². The van der Waals surface area contributed by atoms with Crippen LogP contribution in [0.15, 0.2) is 35.3 Å². The third-order valence-corrected chi connectivity index (χ3v) is 6.33. The second-order valence-electron chi connectivity index (χ2n) is 8.20. The Bertz CT molecular complexity index is 886. The summed E-state index contributed by atoms with van der Waals surface area (Å²) < 4.78 is 0. The lowest BCUT2D eigenvalue weighted by molar-refractivity contribution is 0.0780. The summed E-state index contributed by atoms with van der Waals surface area (Å²) in [4.78, 5) is 32.3. The largest absolute Gasteiger partial charge is 0.396 e. The normalized spacial score (nSPS) is 23.8. The van der Waals surface area contributed by atoms with Gasteiger partial charge in [0.15, 0.2) is 0 Å². The molecule has 1 aromatic heterocycles. The van der Waals surface area contributed by atoms with Gasteiger partial charge in [-0.1, -0.05) is 31.0 Å². The number of nitrogens with zero attached hydrogens (tertiary/aromatic N) is 2. The van der Waals surface area contributed by atoms with E-state index in [9.17, 15) is 14.7 Å². The molecule has 0 spiro atoms. The topological polar surface area (TPSA) is 76.6 Å². The van der Waals surface area contributed by atoms with Gasteiger partial charge >= 0.3 is 0 Å². The molecule has 2 aliphatic rings. The second kappa shape index (κ2) is 8.45. The molecule has 6 heteroatoms. The van der Waals surface area contributed by atoms with Crippen molar-refractivity contribution in [1.29, 1.82) is 0 Å². The molecule has 0 radical (unpaired) electrons. The van der Waals surface area contributed by atoms with Crippen LogP contribution < -0.4 is 5.56 Å². The van der Waals surface area contributed by atoms with Crippen molar-refractivity contribution in [3.05, 3.63) is 46.4 Å². The zero-order valence-corrected chi connectivity index (χ0v) is 16.3. The smallest absolute Gasteiger partial charge is 0.255 e. The SMILES string of the molecule is O=C(c1c[nH]c(=O)c2ccccc12)N1C[C@@H](CN2CCCCCC2)[C@@H](CO)C1. The maximum Gasteiger partial charge on any atom is 0.255 e. The van der Waals surface area contributed by atoms with E-state index in [4.69, 9.17) is 0 Å².